The number of benzene rings is 1. The molecule has 23 heavy (non-hydrogen) atoms. The quantitative estimate of drug-likeness (QED) is 0.647. The molecule has 6 heteroatoms. The monoisotopic (exact) mass is 321 g/mol. The Kier molecular flexibility index (Phi) is 6.26. The van der Waals surface area contributed by atoms with Gasteiger partial charge in [0, 0.05) is 19.0 Å². The molecule has 1 aliphatic rings. The van der Waals surface area contributed by atoms with E-state index in [4.69, 9.17) is 14.6 Å². The zero-order valence-electron chi connectivity index (χ0n) is 13.3. The molecule has 1 amide bonds. The van der Waals surface area contributed by atoms with Crippen LogP contribution in [0.1, 0.15) is 42.5 Å². The van der Waals surface area contributed by atoms with Crippen molar-refractivity contribution in [1.29, 1.82) is 0 Å². The maximum absolute atomic E-state index is 12.3. The number of hydrogen-bond acceptors (Lipinski definition) is 4. The van der Waals surface area contributed by atoms with Gasteiger partial charge in [-0.05, 0) is 43.7 Å². The first-order chi connectivity index (χ1) is 11.1. The molecule has 0 unspecified atom stereocenters. The highest BCUT2D eigenvalue weighted by Gasteiger charge is 2.23. The molecule has 0 saturated heterocycles. The van der Waals surface area contributed by atoms with Gasteiger partial charge in [-0.3, -0.25) is 9.59 Å². The maximum atomic E-state index is 12.3. The van der Waals surface area contributed by atoms with Gasteiger partial charge in [-0.2, -0.15) is 0 Å². The van der Waals surface area contributed by atoms with E-state index in [9.17, 15) is 9.59 Å². The van der Waals surface area contributed by atoms with E-state index < -0.39 is 5.97 Å². The smallest absolute Gasteiger partial charge is 0.303 e. The molecule has 2 N–H and O–H groups in total. The first-order valence-corrected chi connectivity index (χ1v) is 7.91. The van der Waals surface area contributed by atoms with E-state index in [0.717, 1.165) is 0 Å². The van der Waals surface area contributed by atoms with E-state index >= 15 is 0 Å². The van der Waals surface area contributed by atoms with Crippen LogP contribution in [0.4, 0.5) is 0 Å². The minimum absolute atomic E-state index is 0.119. The van der Waals surface area contributed by atoms with Gasteiger partial charge in [-0.25, -0.2) is 0 Å². The van der Waals surface area contributed by atoms with Gasteiger partial charge >= 0.3 is 5.97 Å². The van der Waals surface area contributed by atoms with Crippen molar-refractivity contribution in [2.24, 2.45) is 5.92 Å². The van der Waals surface area contributed by atoms with Crippen LogP contribution >= 0.6 is 0 Å². The summed E-state index contributed by atoms with van der Waals surface area (Å²) < 4.78 is 10.9. The van der Waals surface area contributed by atoms with Crippen LogP contribution in [0, 0.1) is 5.92 Å². The number of nitrogens with one attached hydrogen (secondary N) is 1. The second-order valence-corrected chi connectivity index (χ2v) is 5.72. The maximum Gasteiger partial charge on any atom is 0.303 e. The number of carboxylic acids is 1. The Morgan fingerprint density at radius 2 is 2.09 bits per heavy atom. The number of unbranched alkanes of at least 4 members (excludes halogenated alkanes) is 1. The average molecular weight is 321 g/mol. The molecule has 1 saturated carbocycles. The molecular formula is C17H23NO5. The summed E-state index contributed by atoms with van der Waals surface area (Å²) in [6, 6.07) is 5.14. The minimum atomic E-state index is -0.817. The van der Waals surface area contributed by atoms with Crippen molar-refractivity contribution in [3.8, 4) is 11.5 Å². The lowest BCUT2D eigenvalue weighted by Crippen LogP contribution is -2.25. The van der Waals surface area contributed by atoms with Crippen LogP contribution < -0.4 is 14.8 Å². The van der Waals surface area contributed by atoms with Crippen LogP contribution in [0.5, 0.6) is 11.5 Å². The Labute approximate surface area is 135 Å². The fraction of sp³-hybridized carbons (Fsp3) is 0.529. The summed E-state index contributed by atoms with van der Waals surface area (Å²) in [5.41, 5.74) is 0.477. The molecule has 126 valence electrons. The van der Waals surface area contributed by atoms with Crippen molar-refractivity contribution in [1.82, 2.24) is 5.32 Å². The Bertz CT molecular complexity index is 554. The molecule has 0 spiro atoms. The average Bonchev–Trinajstić information content (AvgIpc) is 3.36. The van der Waals surface area contributed by atoms with Gasteiger partial charge in [0.15, 0.2) is 0 Å². The van der Waals surface area contributed by atoms with Crippen molar-refractivity contribution in [2.75, 3.05) is 20.3 Å². The van der Waals surface area contributed by atoms with E-state index in [1.54, 1.807) is 25.3 Å². The third kappa shape index (κ3) is 5.81. The molecule has 2 rings (SSSR count). The lowest BCUT2D eigenvalue weighted by Gasteiger charge is -2.13. The largest absolute Gasteiger partial charge is 0.497 e. The summed E-state index contributed by atoms with van der Waals surface area (Å²) in [6.07, 6.45) is 3.65. The van der Waals surface area contributed by atoms with E-state index in [-0.39, 0.29) is 12.3 Å². The third-order valence-electron chi connectivity index (χ3n) is 3.71. The number of hydrogen-bond donors (Lipinski definition) is 2. The molecule has 0 bridgehead atoms. The number of aliphatic carboxylic acids is 1. The van der Waals surface area contributed by atoms with E-state index in [1.165, 1.54) is 12.8 Å². The second-order valence-electron chi connectivity index (χ2n) is 5.72. The van der Waals surface area contributed by atoms with Crippen LogP contribution in [-0.4, -0.2) is 37.2 Å². The number of ether oxygens (including phenoxy) is 2. The van der Waals surface area contributed by atoms with Gasteiger partial charge in [-0.15, -0.1) is 0 Å². The first kappa shape index (κ1) is 17.1. The Hall–Kier alpha value is -2.24. The Balaban J connectivity index is 1.90. The zero-order valence-corrected chi connectivity index (χ0v) is 13.3. The lowest BCUT2D eigenvalue weighted by molar-refractivity contribution is -0.137. The van der Waals surface area contributed by atoms with E-state index in [2.05, 4.69) is 5.32 Å². The lowest BCUT2D eigenvalue weighted by atomic mass is 10.1. The SMILES string of the molecule is COc1ccc(C(=O)NCCCCC(=O)O)c(OCC2CC2)c1. The van der Waals surface area contributed by atoms with Crippen molar-refractivity contribution < 1.29 is 24.2 Å². The highest BCUT2D eigenvalue weighted by molar-refractivity contribution is 5.97. The number of carbonyl (C=O) groups is 2. The number of rotatable bonds is 10. The number of methoxy groups -OCH3 is 1. The molecule has 0 aliphatic heterocycles. The van der Waals surface area contributed by atoms with Gasteiger partial charge in [0.1, 0.15) is 11.5 Å². The van der Waals surface area contributed by atoms with Crippen LogP contribution in [0.15, 0.2) is 18.2 Å². The summed E-state index contributed by atoms with van der Waals surface area (Å²) >= 11 is 0. The van der Waals surface area contributed by atoms with Gasteiger partial charge in [0.2, 0.25) is 0 Å². The molecule has 0 radical (unpaired) electrons. The molecule has 1 aliphatic carbocycles. The van der Waals surface area contributed by atoms with Gasteiger partial charge in [0.25, 0.3) is 5.91 Å². The Morgan fingerprint density at radius 1 is 1.30 bits per heavy atom. The first-order valence-electron chi connectivity index (χ1n) is 7.91. The summed E-state index contributed by atoms with van der Waals surface area (Å²) in [5.74, 6) is 0.734. The molecule has 1 aromatic carbocycles. The number of carbonyl (C=O) groups excluding carboxylic acids is 1. The van der Waals surface area contributed by atoms with E-state index in [1.807, 2.05) is 0 Å². The number of carboxylic acid groups (broad SMARTS) is 1. The minimum Gasteiger partial charge on any atom is -0.497 e. The number of amides is 1. The van der Waals surface area contributed by atoms with Crippen LogP contribution in [-0.2, 0) is 4.79 Å². The molecule has 1 aromatic rings. The van der Waals surface area contributed by atoms with Gasteiger partial charge in [0.05, 0.1) is 19.3 Å². The summed E-state index contributed by atoms with van der Waals surface area (Å²) in [4.78, 5) is 22.7. The van der Waals surface area contributed by atoms with Gasteiger partial charge in [-0.1, -0.05) is 0 Å². The van der Waals surface area contributed by atoms with Crippen molar-refractivity contribution in [3.63, 3.8) is 0 Å². The van der Waals surface area contributed by atoms with E-state index in [0.29, 0.717) is 49.0 Å². The predicted octanol–water partition coefficient (Wildman–Crippen LogP) is 2.47. The topological polar surface area (TPSA) is 84.9 Å². The molecular weight excluding hydrogens is 298 g/mol. The molecule has 0 atom stereocenters. The summed E-state index contributed by atoms with van der Waals surface area (Å²) in [5, 5.41) is 11.4. The van der Waals surface area contributed by atoms with Crippen molar-refractivity contribution in [2.45, 2.75) is 32.1 Å². The fourth-order valence-corrected chi connectivity index (χ4v) is 2.13. The molecule has 0 aromatic heterocycles. The van der Waals surface area contributed by atoms with Crippen LogP contribution in [0.25, 0.3) is 0 Å². The highest BCUT2D eigenvalue weighted by Crippen LogP contribution is 2.31. The summed E-state index contributed by atoms with van der Waals surface area (Å²) in [6.45, 7) is 1.06. The van der Waals surface area contributed by atoms with Crippen LogP contribution in [0.3, 0.4) is 0 Å². The molecule has 0 heterocycles. The Morgan fingerprint density at radius 3 is 2.74 bits per heavy atom. The molecule has 6 nitrogen and oxygen atoms in total. The van der Waals surface area contributed by atoms with Crippen molar-refractivity contribution >= 4 is 11.9 Å². The van der Waals surface area contributed by atoms with Crippen molar-refractivity contribution in [3.05, 3.63) is 23.8 Å². The molecule has 1 fully saturated rings. The zero-order chi connectivity index (χ0) is 16.7. The normalized spacial score (nSPS) is 13.4. The second kappa shape index (κ2) is 8.41. The highest BCUT2D eigenvalue weighted by atomic mass is 16.5. The van der Waals surface area contributed by atoms with Gasteiger partial charge < -0.3 is 19.9 Å². The van der Waals surface area contributed by atoms with Crippen LogP contribution in [0.2, 0.25) is 0 Å². The standard InChI is InChI=1S/C17H23NO5/c1-22-13-7-8-14(15(10-13)23-11-12-5-6-12)17(21)18-9-3-2-4-16(19)20/h7-8,10,12H,2-6,9,11H2,1H3,(H,18,21)(H,19,20). The third-order valence-corrected chi connectivity index (χ3v) is 3.71. The summed E-state index contributed by atoms with van der Waals surface area (Å²) in [7, 11) is 1.57. The fourth-order valence-electron chi connectivity index (χ4n) is 2.13. The predicted molar refractivity (Wildman–Crippen MR) is 85.0 cm³/mol.